The van der Waals surface area contributed by atoms with Crippen LogP contribution >= 0.6 is 12.4 Å². The van der Waals surface area contributed by atoms with E-state index < -0.39 is 0 Å². The molecule has 2 heterocycles. The molecule has 2 rings (SSSR count). The number of amides is 1. The summed E-state index contributed by atoms with van der Waals surface area (Å²) < 4.78 is 0. The van der Waals surface area contributed by atoms with Crippen molar-refractivity contribution in [2.45, 2.75) is 12.8 Å². The van der Waals surface area contributed by atoms with E-state index in [4.69, 9.17) is 0 Å². The molecule has 1 aromatic heterocycles. The van der Waals surface area contributed by atoms with Gasteiger partial charge in [-0.25, -0.2) is 4.98 Å². The summed E-state index contributed by atoms with van der Waals surface area (Å²) >= 11 is 0. The fourth-order valence-corrected chi connectivity index (χ4v) is 1.84. The minimum absolute atomic E-state index is 0. The number of carbonyl (C=O) groups excluding carboxylic acids is 1. The number of hydrogen-bond acceptors (Lipinski definition) is 4. The van der Waals surface area contributed by atoms with Gasteiger partial charge < -0.3 is 10.6 Å². The predicted molar refractivity (Wildman–Crippen MR) is 67.2 cm³/mol. The summed E-state index contributed by atoms with van der Waals surface area (Å²) in [6.45, 7) is 2.79. The van der Waals surface area contributed by atoms with Crippen molar-refractivity contribution in [3.05, 3.63) is 24.3 Å². The topological polar surface area (TPSA) is 66.9 Å². The number of nitrogens with zero attached hydrogens (tertiary/aromatic N) is 2. The second-order valence-corrected chi connectivity index (χ2v) is 4.01. The summed E-state index contributed by atoms with van der Waals surface area (Å²) in [7, 11) is 0. The van der Waals surface area contributed by atoms with Gasteiger partial charge >= 0.3 is 0 Å². The lowest BCUT2D eigenvalue weighted by molar-refractivity contribution is 0.0939. The van der Waals surface area contributed by atoms with E-state index in [1.165, 1.54) is 25.2 Å². The molecular formula is C11H17ClN4O. The molecule has 0 aliphatic carbocycles. The number of aromatic nitrogens is 2. The first-order valence-electron chi connectivity index (χ1n) is 5.61. The standard InChI is InChI=1S/C11H16N4O.ClH/c16-11(10-8-13-4-5-14-10)15-7-9-2-1-3-12-6-9;/h4-5,8-9,12H,1-3,6-7H2,(H,15,16);1H. The lowest BCUT2D eigenvalue weighted by Crippen LogP contribution is -2.38. The zero-order valence-corrected chi connectivity index (χ0v) is 10.4. The number of hydrogen-bond donors (Lipinski definition) is 2. The van der Waals surface area contributed by atoms with Crippen LogP contribution in [0.1, 0.15) is 23.3 Å². The molecule has 1 fully saturated rings. The van der Waals surface area contributed by atoms with Crippen LogP contribution in [0.5, 0.6) is 0 Å². The van der Waals surface area contributed by atoms with Gasteiger partial charge in [-0.05, 0) is 31.8 Å². The Morgan fingerprint density at radius 3 is 3.06 bits per heavy atom. The van der Waals surface area contributed by atoms with Crippen molar-refractivity contribution in [3.8, 4) is 0 Å². The normalized spacial score (nSPS) is 19.2. The quantitative estimate of drug-likeness (QED) is 0.833. The van der Waals surface area contributed by atoms with Gasteiger partial charge in [0.25, 0.3) is 5.91 Å². The maximum atomic E-state index is 11.7. The molecular weight excluding hydrogens is 240 g/mol. The summed E-state index contributed by atoms with van der Waals surface area (Å²) in [6, 6.07) is 0. The van der Waals surface area contributed by atoms with E-state index in [2.05, 4.69) is 20.6 Å². The molecule has 0 aromatic carbocycles. The van der Waals surface area contributed by atoms with Gasteiger partial charge in [-0.1, -0.05) is 0 Å². The van der Waals surface area contributed by atoms with Crippen molar-refractivity contribution in [2.24, 2.45) is 5.92 Å². The highest BCUT2D eigenvalue weighted by Gasteiger charge is 2.14. The predicted octanol–water partition coefficient (Wildman–Crippen LogP) is 0.628. The van der Waals surface area contributed by atoms with Crippen LogP contribution in [0.25, 0.3) is 0 Å². The Morgan fingerprint density at radius 2 is 2.41 bits per heavy atom. The molecule has 17 heavy (non-hydrogen) atoms. The maximum absolute atomic E-state index is 11.7. The Labute approximate surface area is 107 Å². The average molecular weight is 257 g/mol. The third kappa shape index (κ3) is 4.28. The Balaban J connectivity index is 0.00000144. The molecule has 6 heteroatoms. The molecule has 1 unspecified atom stereocenters. The third-order valence-electron chi connectivity index (χ3n) is 2.75. The fraction of sp³-hybridized carbons (Fsp3) is 0.545. The highest BCUT2D eigenvalue weighted by molar-refractivity contribution is 5.91. The molecule has 0 radical (unpaired) electrons. The van der Waals surface area contributed by atoms with Crippen LogP contribution in [-0.2, 0) is 0 Å². The smallest absolute Gasteiger partial charge is 0.271 e. The molecule has 1 aliphatic heterocycles. The van der Waals surface area contributed by atoms with Crippen molar-refractivity contribution in [1.82, 2.24) is 20.6 Å². The van der Waals surface area contributed by atoms with Crippen LogP contribution in [-0.4, -0.2) is 35.5 Å². The van der Waals surface area contributed by atoms with E-state index in [-0.39, 0.29) is 18.3 Å². The highest BCUT2D eigenvalue weighted by atomic mass is 35.5. The largest absolute Gasteiger partial charge is 0.350 e. The lowest BCUT2D eigenvalue weighted by Gasteiger charge is -2.22. The summed E-state index contributed by atoms with van der Waals surface area (Å²) in [5, 5.41) is 6.21. The van der Waals surface area contributed by atoms with Gasteiger partial charge in [-0.2, -0.15) is 0 Å². The van der Waals surface area contributed by atoms with Gasteiger partial charge in [0.1, 0.15) is 5.69 Å². The zero-order chi connectivity index (χ0) is 11.2. The van der Waals surface area contributed by atoms with Gasteiger partial charge in [0.2, 0.25) is 0 Å². The molecule has 0 spiro atoms. The number of piperidine rings is 1. The van der Waals surface area contributed by atoms with Crippen LogP contribution in [0.15, 0.2) is 18.6 Å². The van der Waals surface area contributed by atoms with E-state index >= 15 is 0 Å². The molecule has 1 atom stereocenters. The van der Waals surface area contributed by atoms with Crippen molar-refractivity contribution in [2.75, 3.05) is 19.6 Å². The first-order chi connectivity index (χ1) is 7.86. The summed E-state index contributed by atoms with van der Waals surface area (Å²) in [5.41, 5.74) is 0.381. The Morgan fingerprint density at radius 1 is 1.53 bits per heavy atom. The number of nitrogens with one attached hydrogen (secondary N) is 2. The van der Waals surface area contributed by atoms with Crippen LogP contribution in [0.3, 0.4) is 0 Å². The molecule has 1 amide bonds. The van der Waals surface area contributed by atoms with Crippen LogP contribution in [0, 0.1) is 5.92 Å². The maximum Gasteiger partial charge on any atom is 0.271 e. The van der Waals surface area contributed by atoms with Gasteiger partial charge in [-0.15, -0.1) is 12.4 Å². The molecule has 5 nitrogen and oxygen atoms in total. The average Bonchev–Trinajstić information content (AvgIpc) is 2.38. The zero-order valence-electron chi connectivity index (χ0n) is 9.56. The van der Waals surface area contributed by atoms with Crippen molar-refractivity contribution in [3.63, 3.8) is 0 Å². The van der Waals surface area contributed by atoms with Gasteiger partial charge in [0.05, 0.1) is 6.20 Å². The van der Waals surface area contributed by atoms with E-state index in [1.54, 1.807) is 6.20 Å². The molecule has 0 bridgehead atoms. The molecule has 2 N–H and O–H groups in total. The summed E-state index contributed by atoms with van der Waals surface area (Å²) in [5.74, 6) is 0.396. The van der Waals surface area contributed by atoms with E-state index in [0.717, 1.165) is 13.1 Å². The molecule has 94 valence electrons. The minimum Gasteiger partial charge on any atom is -0.350 e. The molecule has 0 saturated carbocycles. The second-order valence-electron chi connectivity index (χ2n) is 4.01. The van der Waals surface area contributed by atoms with Gasteiger partial charge in [-0.3, -0.25) is 9.78 Å². The SMILES string of the molecule is Cl.O=C(NCC1CCCNC1)c1cnccn1. The number of rotatable bonds is 3. The van der Waals surface area contributed by atoms with Crippen LogP contribution < -0.4 is 10.6 Å². The summed E-state index contributed by atoms with van der Waals surface area (Å²) in [6.07, 6.45) is 6.92. The van der Waals surface area contributed by atoms with E-state index in [1.807, 2.05) is 0 Å². The number of carbonyl (C=O) groups is 1. The summed E-state index contributed by atoms with van der Waals surface area (Å²) in [4.78, 5) is 19.5. The van der Waals surface area contributed by atoms with Crippen molar-refractivity contribution >= 4 is 18.3 Å². The second kappa shape index (κ2) is 7.19. The Hall–Kier alpha value is -1.20. The van der Waals surface area contributed by atoms with Crippen molar-refractivity contribution in [1.29, 1.82) is 0 Å². The highest BCUT2D eigenvalue weighted by Crippen LogP contribution is 2.08. The lowest BCUT2D eigenvalue weighted by atomic mass is 10.00. The molecule has 1 aromatic rings. The monoisotopic (exact) mass is 256 g/mol. The molecule has 1 saturated heterocycles. The minimum atomic E-state index is -0.140. The first-order valence-corrected chi connectivity index (χ1v) is 5.61. The third-order valence-corrected chi connectivity index (χ3v) is 2.75. The number of halogens is 1. The van der Waals surface area contributed by atoms with Crippen LogP contribution in [0.2, 0.25) is 0 Å². The van der Waals surface area contributed by atoms with Crippen LogP contribution in [0.4, 0.5) is 0 Å². The van der Waals surface area contributed by atoms with E-state index in [9.17, 15) is 4.79 Å². The van der Waals surface area contributed by atoms with Crippen molar-refractivity contribution < 1.29 is 4.79 Å². The fourth-order valence-electron chi connectivity index (χ4n) is 1.84. The van der Waals surface area contributed by atoms with Gasteiger partial charge in [0.15, 0.2) is 0 Å². The molecule has 1 aliphatic rings. The Kier molecular flexibility index (Phi) is 5.86. The van der Waals surface area contributed by atoms with E-state index in [0.29, 0.717) is 18.2 Å². The first kappa shape index (κ1) is 13.9. The Bertz CT molecular complexity index is 341. The van der Waals surface area contributed by atoms with Gasteiger partial charge in [0, 0.05) is 18.9 Å².